The van der Waals surface area contributed by atoms with E-state index >= 15 is 0 Å². The fourth-order valence-corrected chi connectivity index (χ4v) is 1.17. The summed E-state index contributed by atoms with van der Waals surface area (Å²) in [5, 5.41) is 0.566. The minimum atomic E-state index is 0.566. The Bertz CT molecular complexity index is 419. The summed E-state index contributed by atoms with van der Waals surface area (Å²) in [6.45, 7) is 0. The Morgan fingerprint density at radius 1 is 1.07 bits per heavy atom. The van der Waals surface area contributed by atoms with Gasteiger partial charge in [0.15, 0.2) is 5.75 Å². The van der Waals surface area contributed by atoms with E-state index in [1.807, 2.05) is 12.1 Å². The number of aromatic nitrogens is 2. The summed E-state index contributed by atoms with van der Waals surface area (Å²) in [4.78, 5) is 7.66. The van der Waals surface area contributed by atoms with E-state index in [-0.39, 0.29) is 0 Å². The molecule has 2 aromatic rings. The number of hydrogen-bond donors (Lipinski definition) is 0. The molecule has 0 saturated carbocycles. The lowest BCUT2D eigenvalue weighted by atomic mass is 10.3. The molecule has 1 aromatic heterocycles. The number of benzene rings is 1. The molecule has 1 heterocycles. The highest BCUT2D eigenvalue weighted by molar-refractivity contribution is 6.32. The molecule has 0 atom stereocenters. The molecule has 0 spiro atoms. The predicted octanol–water partition coefficient (Wildman–Crippen LogP) is 2.92. The fraction of sp³-hybridized carbons (Fsp3) is 0. The standard InChI is InChI=1S/C10H7ClN2O/c11-9-3-1-2-4-10(9)14-8-5-12-7-13-6-8/h1-7H. The van der Waals surface area contributed by atoms with Gasteiger partial charge in [0.25, 0.3) is 0 Å². The van der Waals surface area contributed by atoms with Crippen molar-refractivity contribution in [3.05, 3.63) is 48.0 Å². The molecule has 0 aliphatic heterocycles. The first-order chi connectivity index (χ1) is 6.86. The summed E-state index contributed by atoms with van der Waals surface area (Å²) < 4.78 is 5.45. The summed E-state index contributed by atoms with van der Waals surface area (Å²) in [7, 11) is 0. The van der Waals surface area contributed by atoms with E-state index in [9.17, 15) is 0 Å². The van der Waals surface area contributed by atoms with Crippen LogP contribution in [0.1, 0.15) is 0 Å². The van der Waals surface area contributed by atoms with Crippen LogP contribution in [0, 0.1) is 0 Å². The van der Waals surface area contributed by atoms with Crippen LogP contribution in [-0.2, 0) is 0 Å². The van der Waals surface area contributed by atoms with Crippen LogP contribution >= 0.6 is 11.6 Å². The zero-order valence-electron chi connectivity index (χ0n) is 7.22. The molecule has 2 rings (SSSR count). The molecule has 0 N–H and O–H groups in total. The molecular weight excluding hydrogens is 200 g/mol. The Labute approximate surface area is 86.3 Å². The molecule has 3 nitrogen and oxygen atoms in total. The van der Waals surface area contributed by atoms with Gasteiger partial charge in [0.1, 0.15) is 12.1 Å². The van der Waals surface area contributed by atoms with E-state index < -0.39 is 0 Å². The van der Waals surface area contributed by atoms with Crippen molar-refractivity contribution < 1.29 is 4.74 Å². The van der Waals surface area contributed by atoms with E-state index in [1.54, 1.807) is 24.5 Å². The van der Waals surface area contributed by atoms with E-state index in [1.165, 1.54) is 6.33 Å². The summed E-state index contributed by atoms with van der Waals surface area (Å²) in [5.41, 5.74) is 0. The Kier molecular flexibility index (Phi) is 2.60. The van der Waals surface area contributed by atoms with Crippen molar-refractivity contribution in [2.45, 2.75) is 0 Å². The highest BCUT2D eigenvalue weighted by Crippen LogP contribution is 2.27. The van der Waals surface area contributed by atoms with Gasteiger partial charge in [0.05, 0.1) is 17.4 Å². The SMILES string of the molecule is Clc1ccccc1Oc1cncnc1. The van der Waals surface area contributed by atoms with Crippen LogP contribution in [0.5, 0.6) is 11.5 Å². The highest BCUT2D eigenvalue weighted by atomic mass is 35.5. The van der Waals surface area contributed by atoms with Crippen molar-refractivity contribution in [2.75, 3.05) is 0 Å². The van der Waals surface area contributed by atoms with Crippen molar-refractivity contribution in [2.24, 2.45) is 0 Å². The molecule has 0 fully saturated rings. The third-order valence-corrected chi connectivity index (χ3v) is 1.91. The van der Waals surface area contributed by atoms with Gasteiger partial charge in [-0.2, -0.15) is 0 Å². The summed E-state index contributed by atoms with van der Waals surface area (Å²) in [6.07, 6.45) is 4.60. The lowest BCUT2D eigenvalue weighted by Crippen LogP contribution is -1.86. The quantitative estimate of drug-likeness (QED) is 0.758. The molecule has 0 bridgehead atoms. The number of ether oxygens (including phenoxy) is 1. The normalized spacial score (nSPS) is 9.79. The Morgan fingerprint density at radius 2 is 1.79 bits per heavy atom. The molecule has 0 aliphatic carbocycles. The van der Waals surface area contributed by atoms with Gasteiger partial charge in [-0.3, -0.25) is 0 Å². The lowest BCUT2D eigenvalue weighted by molar-refractivity contribution is 0.477. The van der Waals surface area contributed by atoms with Crippen LogP contribution in [0.25, 0.3) is 0 Å². The molecule has 1 aromatic carbocycles. The lowest BCUT2D eigenvalue weighted by Gasteiger charge is -2.05. The minimum Gasteiger partial charge on any atom is -0.453 e. The van der Waals surface area contributed by atoms with Gasteiger partial charge >= 0.3 is 0 Å². The number of rotatable bonds is 2. The molecule has 4 heteroatoms. The first kappa shape index (κ1) is 8.97. The molecular formula is C10H7ClN2O. The molecule has 0 aliphatic rings. The first-order valence-corrected chi connectivity index (χ1v) is 4.41. The average molecular weight is 207 g/mol. The van der Waals surface area contributed by atoms with Gasteiger partial charge in [0.2, 0.25) is 0 Å². The van der Waals surface area contributed by atoms with Crippen molar-refractivity contribution in [3.63, 3.8) is 0 Å². The number of nitrogens with zero attached hydrogens (tertiary/aromatic N) is 2. The van der Waals surface area contributed by atoms with Crippen molar-refractivity contribution >= 4 is 11.6 Å². The Morgan fingerprint density at radius 3 is 2.50 bits per heavy atom. The van der Waals surface area contributed by atoms with Gasteiger partial charge in [-0.05, 0) is 12.1 Å². The maximum absolute atomic E-state index is 5.91. The second kappa shape index (κ2) is 4.07. The van der Waals surface area contributed by atoms with Crippen molar-refractivity contribution in [1.29, 1.82) is 0 Å². The molecule has 0 amide bonds. The summed E-state index contributed by atoms with van der Waals surface area (Å²) in [6, 6.07) is 7.25. The van der Waals surface area contributed by atoms with Crippen LogP contribution in [0.2, 0.25) is 5.02 Å². The molecule has 0 radical (unpaired) electrons. The predicted molar refractivity (Wildman–Crippen MR) is 53.6 cm³/mol. The van der Waals surface area contributed by atoms with Gasteiger partial charge in [-0.15, -0.1) is 0 Å². The number of para-hydroxylation sites is 1. The number of halogens is 1. The minimum absolute atomic E-state index is 0.566. The molecule has 70 valence electrons. The average Bonchev–Trinajstić information content (AvgIpc) is 2.23. The molecule has 0 unspecified atom stereocenters. The largest absolute Gasteiger partial charge is 0.453 e. The fourth-order valence-electron chi connectivity index (χ4n) is 0.993. The molecule has 14 heavy (non-hydrogen) atoms. The third kappa shape index (κ3) is 2.00. The zero-order chi connectivity index (χ0) is 9.80. The monoisotopic (exact) mass is 206 g/mol. The third-order valence-electron chi connectivity index (χ3n) is 1.60. The summed E-state index contributed by atoms with van der Waals surface area (Å²) >= 11 is 5.91. The maximum atomic E-state index is 5.91. The topological polar surface area (TPSA) is 35.0 Å². The second-order valence-corrected chi connectivity index (χ2v) is 3.01. The van der Waals surface area contributed by atoms with Crippen LogP contribution < -0.4 is 4.74 Å². The van der Waals surface area contributed by atoms with E-state index in [4.69, 9.17) is 16.3 Å². The van der Waals surface area contributed by atoms with Crippen LogP contribution in [0.3, 0.4) is 0 Å². The zero-order valence-corrected chi connectivity index (χ0v) is 7.98. The Hall–Kier alpha value is -1.61. The van der Waals surface area contributed by atoms with Gasteiger partial charge in [0, 0.05) is 0 Å². The second-order valence-electron chi connectivity index (χ2n) is 2.61. The Balaban J connectivity index is 2.24. The highest BCUT2D eigenvalue weighted by Gasteiger charge is 2.00. The van der Waals surface area contributed by atoms with E-state index in [2.05, 4.69) is 9.97 Å². The molecule has 0 saturated heterocycles. The van der Waals surface area contributed by atoms with Crippen molar-refractivity contribution in [1.82, 2.24) is 9.97 Å². The smallest absolute Gasteiger partial charge is 0.164 e. The maximum Gasteiger partial charge on any atom is 0.164 e. The van der Waals surface area contributed by atoms with E-state index in [0.717, 1.165) is 0 Å². The van der Waals surface area contributed by atoms with Gasteiger partial charge in [-0.25, -0.2) is 9.97 Å². The van der Waals surface area contributed by atoms with Gasteiger partial charge < -0.3 is 4.74 Å². The van der Waals surface area contributed by atoms with Crippen LogP contribution in [0.4, 0.5) is 0 Å². The summed E-state index contributed by atoms with van der Waals surface area (Å²) in [5.74, 6) is 1.17. The van der Waals surface area contributed by atoms with E-state index in [0.29, 0.717) is 16.5 Å². The number of hydrogen-bond acceptors (Lipinski definition) is 3. The van der Waals surface area contributed by atoms with Crippen LogP contribution in [-0.4, -0.2) is 9.97 Å². The van der Waals surface area contributed by atoms with Crippen molar-refractivity contribution in [3.8, 4) is 11.5 Å². The van der Waals surface area contributed by atoms with Gasteiger partial charge in [-0.1, -0.05) is 23.7 Å². The first-order valence-electron chi connectivity index (χ1n) is 4.03. The van der Waals surface area contributed by atoms with Crippen LogP contribution in [0.15, 0.2) is 43.0 Å².